The van der Waals surface area contributed by atoms with Gasteiger partial charge in [-0.3, -0.25) is 9.69 Å². The van der Waals surface area contributed by atoms with Crippen LogP contribution in [0.15, 0.2) is 79.1 Å². The van der Waals surface area contributed by atoms with Gasteiger partial charge in [-0.15, -0.1) is 11.3 Å². The first-order valence-corrected chi connectivity index (χ1v) is 14.5. The van der Waals surface area contributed by atoms with E-state index in [1.54, 1.807) is 30.3 Å². The highest BCUT2D eigenvalue weighted by molar-refractivity contribution is 7.21. The summed E-state index contributed by atoms with van der Waals surface area (Å²) in [7, 11) is 0. The van der Waals surface area contributed by atoms with Crippen LogP contribution in [0.1, 0.15) is 15.2 Å². The number of halogens is 1. The van der Waals surface area contributed by atoms with Crippen molar-refractivity contribution in [3.63, 3.8) is 0 Å². The third-order valence-corrected chi connectivity index (χ3v) is 8.28. The first-order chi connectivity index (χ1) is 21.0. The number of morpholine rings is 1. The Bertz CT molecular complexity index is 1830. The summed E-state index contributed by atoms with van der Waals surface area (Å²) in [6.45, 7) is 4.07. The van der Waals surface area contributed by atoms with Crippen LogP contribution in [-0.2, 0) is 11.3 Å². The summed E-state index contributed by atoms with van der Waals surface area (Å²) in [6, 6.07) is 20.2. The molecular formula is C31H25FN6O4S. The molecule has 1 saturated heterocycles. The second-order valence-corrected chi connectivity index (χ2v) is 11.0. The molecule has 12 heteroatoms. The molecule has 4 heterocycles. The van der Waals surface area contributed by atoms with E-state index in [2.05, 4.69) is 25.5 Å². The number of ether oxygens (including phenoxy) is 2. The lowest BCUT2D eigenvalue weighted by Gasteiger charge is -2.27. The summed E-state index contributed by atoms with van der Waals surface area (Å²) < 4.78 is 26.1. The molecule has 1 fully saturated rings. The van der Waals surface area contributed by atoms with E-state index in [4.69, 9.17) is 9.47 Å². The van der Waals surface area contributed by atoms with E-state index in [-0.39, 0.29) is 23.2 Å². The molecule has 3 amide bonds. The van der Waals surface area contributed by atoms with Gasteiger partial charge in [0.1, 0.15) is 21.8 Å². The number of nitrogens with one attached hydrogen (secondary N) is 2. The van der Waals surface area contributed by atoms with Gasteiger partial charge in [0.05, 0.1) is 30.0 Å². The maximum absolute atomic E-state index is 15.1. The number of rotatable bonds is 7. The minimum absolute atomic E-state index is 0.0181. The lowest BCUT2D eigenvalue weighted by molar-refractivity contribution is 0.0342. The zero-order chi connectivity index (χ0) is 29.3. The average Bonchev–Trinajstić information content (AvgIpc) is 3.40. The van der Waals surface area contributed by atoms with Crippen molar-refractivity contribution in [1.29, 1.82) is 0 Å². The standard InChI is InChI=1S/C31H25FN6O4S/c32-23-16-21(10-11-24(23)42-22-4-2-1-3-5-22)38-28-25-26(36-31(38)40)27(43-30(25)34-18-33-28)29(39)35-20-8-6-19(7-9-20)17-37-12-14-41-15-13-37/h1-11,16,18H,12-15,17H2,(H,35,39)(H,36,40). The summed E-state index contributed by atoms with van der Waals surface area (Å²) in [6.07, 6.45) is 1.32. The normalized spacial score (nSPS) is 14.9. The van der Waals surface area contributed by atoms with E-state index in [9.17, 15) is 9.59 Å². The Morgan fingerprint density at radius 2 is 1.84 bits per heavy atom. The number of nitrogens with zero attached hydrogens (tertiary/aromatic N) is 4. The Hall–Kier alpha value is -4.91. The Kier molecular flexibility index (Phi) is 7.15. The molecule has 5 aromatic rings. The molecule has 0 saturated carbocycles. The van der Waals surface area contributed by atoms with Crippen LogP contribution >= 0.6 is 11.3 Å². The number of urea groups is 1. The Morgan fingerprint density at radius 3 is 2.60 bits per heavy atom. The summed E-state index contributed by atoms with van der Waals surface area (Å²) in [5.41, 5.74) is 2.34. The van der Waals surface area contributed by atoms with E-state index < -0.39 is 11.8 Å². The third kappa shape index (κ3) is 5.39. The zero-order valence-corrected chi connectivity index (χ0v) is 23.6. The van der Waals surface area contributed by atoms with Crippen LogP contribution < -0.4 is 20.3 Å². The number of hydrogen-bond donors (Lipinski definition) is 2. The van der Waals surface area contributed by atoms with Gasteiger partial charge < -0.3 is 20.1 Å². The predicted octanol–water partition coefficient (Wildman–Crippen LogP) is 6.39. The highest BCUT2D eigenvalue weighted by atomic mass is 32.1. The van der Waals surface area contributed by atoms with Gasteiger partial charge in [-0.2, -0.15) is 0 Å². The molecule has 0 aliphatic carbocycles. The Labute approximate surface area is 249 Å². The lowest BCUT2D eigenvalue weighted by Crippen LogP contribution is -2.35. The molecule has 7 rings (SSSR count). The molecule has 2 aromatic heterocycles. The van der Waals surface area contributed by atoms with E-state index >= 15 is 4.39 Å². The second kappa shape index (κ2) is 11.4. The van der Waals surface area contributed by atoms with Crippen LogP contribution in [0.2, 0.25) is 0 Å². The van der Waals surface area contributed by atoms with E-state index in [1.165, 1.54) is 23.4 Å². The van der Waals surface area contributed by atoms with Crippen molar-refractivity contribution in [1.82, 2.24) is 14.9 Å². The SMILES string of the molecule is O=C(Nc1ccc(CN2CCOCC2)cc1)c1sc2ncnc3c2c1NC(=O)N3c1ccc(Oc2ccccc2)c(F)c1. The summed E-state index contributed by atoms with van der Waals surface area (Å²) >= 11 is 1.15. The topological polar surface area (TPSA) is 109 Å². The molecule has 0 atom stereocenters. The predicted molar refractivity (Wildman–Crippen MR) is 162 cm³/mol. The van der Waals surface area contributed by atoms with Crippen molar-refractivity contribution >= 4 is 56.4 Å². The fourth-order valence-corrected chi connectivity index (χ4v) is 6.08. The zero-order valence-electron chi connectivity index (χ0n) is 22.7. The number of anilines is 4. The van der Waals surface area contributed by atoms with Gasteiger partial charge in [0.15, 0.2) is 17.4 Å². The van der Waals surface area contributed by atoms with Crippen LogP contribution in [0, 0.1) is 5.82 Å². The molecule has 3 aromatic carbocycles. The van der Waals surface area contributed by atoms with E-state index in [0.29, 0.717) is 32.2 Å². The van der Waals surface area contributed by atoms with Gasteiger partial charge in [0.25, 0.3) is 5.91 Å². The Morgan fingerprint density at radius 1 is 1.05 bits per heavy atom. The van der Waals surface area contributed by atoms with Crippen LogP contribution in [0.3, 0.4) is 0 Å². The third-order valence-electron chi connectivity index (χ3n) is 7.19. The highest BCUT2D eigenvalue weighted by Gasteiger charge is 2.34. The first kappa shape index (κ1) is 27.0. The van der Waals surface area contributed by atoms with Gasteiger partial charge in [0, 0.05) is 31.4 Å². The number of para-hydroxylation sites is 1. The minimum Gasteiger partial charge on any atom is -0.454 e. The Balaban J connectivity index is 1.13. The molecule has 0 bridgehead atoms. The number of carbonyl (C=O) groups excluding carboxylic acids is 2. The van der Waals surface area contributed by atoms with Gasteiger partial charge in [-0.25, -0.2) is 24.1 Å². The van der Waals surface area contributed by atoms with Crippen LogP contribution in [-0.4, -0.2) is 53.1 Å². The first-order valence-electron chi connectivity index (χ1n) is 13.6. The summed E-state index contributed by atoms with van der Waals surface area (Å²) in [5, 5.41) is 6.23. The maximum Gasteiger partial charge on any atom is 0.332 e. The summed E-state index contributed by atoms with van der Waals surface area (Å²) in [5.74, 6) is -0.272. The fourth-order valence-electron chi connectivity index (χ4n) is 5.09. The van der Waals surface area contributed by atoms with Crippen LogP contribution in [0.5, 0.6) is 11.5 Å². The minimum atomic E-state index is -0.647. The molecule has 0 radical (unpaired) electrons. The smallest absolute Gasteiger partial charge is 0.332 e. The number of carbonyl (C=O) groups is 2. The van der Waals surface area contributed by atoms with Gasteiger partial charge in [-0.1, -0.05) is 30.3 Å². The monoisotopic (exact) mass is 596 g/mol. The molecule has 10 nitrogen and oxygen atoms in total. The van der Waals surface area contributed by atoms with Crippen molar-refractivity contribution in [3.05, 3.63) is 95.4 Å². The second-order valence-electron chi connectivity index (χ2n) is 10.0. The van der Waals surface area contributed by atoms with Crippen LogP contribution in [0.4, 0.5) is 32.1 Å². The van der Waals surface area contributed by atoms with Gasteiger partial charge in [-0.05, 0) is 42.0 Å². The van der Waals surface area contributed by atoms with Crippen LogP contribution in [0.25, 0.3) is 10.2 Å². The van der Waals surface area contributed by atoms with Gasteiger partial charge >= 0.3 is 6.03 Å². The van der Waals surface area contributed by atoms with Crippen molar-refractivity contribution in [2.45, 2.75) is 6.54 Å². The number of benzene rings is 3. The summed E-state index contributed by atoms with van der Waals surface area (Å²) in [4.78, 5) is 39.8. The van der Waals surface area contributed by atoms with Crippen molar-refractivity contribution in [2.24, 2.45) is 0 Å². The van der Waals surface area contributed by atoms with Crippen molar-refractivity contribution < 1.29 is 23.5 Å². The molecule has 43 heavy (non-hydrogen) atoms. The lowest BCUT2D eigenvalue weighted by atomic mass is 10.1. The quantitative estimate of drug-likeness (QED) is 0.224. The molecule has 0 spiro atoms. The average molecular weight is 597 g/mol. The molecule has 216 valence electrons. The van der Waals surface area contributed by atoms with Crippen molar-refractivity contribution in [3.8, 4) is 11.5 Å². The van der Waals surface area contributed by atoms with Crippen molar-refractivity contribution in [2.75, 3.05) is 41.8 Å². The number of thiophene rings is 1. The maximum atomic E-state index is 15.1. The van der Waals surface area contributed by atoms with Gasteiger partial charge in [0.2, 0.25) is 0 Å². The molecule has 0 unspecified atom stereocenters. The van der Waals surface area contributed by atoms with E-state index in [1.807, 2.05) is 30.3 Å². The fraction of sp³-hybridized carbons (Fsp3) is 0.161. The molecule has 2 aliphatic heterocycles. The largest absolute Gasteiger partial charge is 0.454 e. The van der Waals surface area contributed by atoms with E-state index in [0.717, 1.165) is 49.7 Å². The number of aromatic nitrogens is 2. The highest BCUT2D eigenvalue weighted by Crippen LogP contribution is 2.45. The molecular weight excluding hydrogens is 571 g/mol. The number of hydrogen-bond acceptors (Lipinski definition) is 8. The molecule has 2 N–H and O–H groups in total. The molecule has 2 aliphatic rings. The number of amides is 3.